The first-order chi connectivity index (χ1) is 9.15. The molecule has 96 valence electrons. The molecule has 19 heavy (non-hydrogen) atoms. The van der Waals surface area contributed by atoms with Gasteiger partial charge in [0.2, 0.25) is 0 Å². The summed E-state index contributed by atoms with van der Waals surface area (Å²) >= 11 is 2.08. The number of halogens is 1. The van der Waals surface area contributed by atoms with Gasteiger partial charge in [0.15, 0.2) is 5.82 Å². The predicted molar refractivity (Wildman–Crippen MR) is 78.2 cm³/mol. The van der Waals surface area contributed by atoms with Crippen LogP contribution in [0.5, 0.6) is 0 Å². The van der Waals surface area contributed by atoms with E-state index >= 15 is 0 Å². The minimum atomic E-state index is -0.284. The Labute approximate surface area is 123 Å². The Morgan fingerprint density at radius 3 is 2.26 bits per heavy atom. The van der Waals surface area contributed by atoms with Crippen LogP contribution in [0.25, 0.3) is 0 Å². The number of aryl methyl sites for hydroxylation is 1. The first kappa shape index (κ1) is 12.3. The number of carbonyl (C=O) groups excluding carboxylic acids is 2. The molecule has 0 fully saturated rings. The molecular formula is C13H10IN3O2. The van der Waals surface area contributed by atoms with Crippen molar-refractivity contribution in [1.82, 2.24) is 9.78 Å². The molecule has 0 N–H and O–H groups in total. The summed E-state index contributed by atoms with van der Waals surface area (Å²) in [6, 6.07) is 6.87. The summed E-state index contributed by atoms with van der Waals surface area (Å²) in [6.45, 7) is 2.52. The third kappa shape index (κ3) is 1.70. The van der Waals surface area contributed by atoms with Crippen LogP contribution >= 0.6 is 22.6 Å². The van der Waals surface area contributed by atoms with Gasteiger partial charge >= 0.3 is 0 Å². The number of aromatic nitrogens is 2. The highest BCUT2D eigenvalue weighted by atomic mass is 127. The molecule has 3 rings (SSSR count). The molecule has 2 heterocycles. The molecule has 2 aromatic rings. The second-order valence-corrected chi connectivity index (χ2v) is 5.29. The molecule has 0 atom stereocenters. The Morgan fingerprint density at radius 1 is 1.16 bits per heavy atom. The zero-order chi connectivity index (χ0) is 13.6. The Bertz CT molecular complexity index is 658. The van der Waals surface area contributed by atoms with Crippen LogP contribution in [-0.4, -0.2) is 21.6 Å². The van der Waals surface area contributed by atoms with Gasteiger partial charge in [0, 0.05) is 6.54 Å². The van der Waals surface area contributed by atoms with Crippen LogP contribution in [-0.2, 0) is 6.54 Å². The monoisotopic (exact) mass is 367 g/mol. The van der Waals surface area contributed by atoms with Gasteiger partial charge in [-0.3, -0.25) is 9.59 Å². The van der Waals surface area contributed by atoms with Crippen LogP contribution in [0.1, 0.15) is 27.6 Å². The molecule has 5 nitrogen and oxygen atoms in total. The fourth-order valence-corrected chi connectivity index (χ4v) is 2.84. The van der Waals surface area contributed by atoms with Gasteiger partial charge in [0.25, 0.3) is 11.8 Å². The van der Waals surface area contributed by atoms with Crippen molar-refractivity contribution in [2.45, 2.75) is 13.5 Å². The molecular weight excluding hydrogens is 357 g/mol. The van der Waals surface area contributed by atoms with E-state index in [1.54, 1.807) is 35.1 Å². The van der Waals surface area contributed by atoms with Crippen LogP contribution in [0.2, 0.25) is 0 Å². The first-order valence-corrected chi connectivity index (χ1v) is 6.92. The third-order valence-corrected chi connectivity index (χ3v) is 3.83. The van der Waals surface area contributed by atoms with Crippen LogP contribution in [0, 0.1) is 3.57 Å². The molecule has 0 spiro atoms. The normalized spacial score (nSPS) is 14.1. The molecule has 0 unspecified atom stereocenters. The first-order valence-electron chi connectivity index (χ1n) is 5.84. The molecule has 1 aliphatic rings. The number of hydrogen-bond acceptors (Lipinski definition) is 3. The summed E-state index contributed by atoms with van der Waals surface area (Å²) in [5.74, 6) is -0.0169. The van der Waals surface area contributed by atoms with Gasteiger partial charge < -0.3 is 0 Å². The Hall–Kier alpha value is -1.70. The molecule has 1 aromatic heterocycles. The largest absolute Gasteiger partial charge is 0.268 e. The van der Waals surface area contributed by atoms with E-state index in [2.05, 4.69) is 27.7 Å². The summed E-state index contributed by atoms with van der Waals surface area (Å²) in [5.41, 5.74) is 0.902. The molecule has 2 amide bonds. The maximum absolute atomic E-state index is 12.4. The fraction of sp³-hybridized carbons (Fsp3) is 0.154. The van der Waals surface area contributed by atoms with E-state index < -0.39 is 0 Å². The van der Waals surface area contributed by atoms with Crippen LogP contribution < -0.4 is 4.90 Å². The minimum Gasteiger partial charge on any atom is -0.268 e. The average molecular weight is 367 g/mol. The SMILES string of the molecule is CCn1ncc(I)c1N1C(=O)c2ccccc2C1=O. The Balaban J connectivity index is 2.17. The number of benzene rings is 1. The van der Waals surface area contributed by atoms with Crippen molar-refractivity contribution < 1.29 is 9.59 Å². The van der Waals surface area contributed by atoms with Gasteiger partial charge in [-0.25, -0.2) is 9.58 Å². The van der Waals surface area contributed by atoms with Crippen LogP contribution in [0.4, 0.5) is 5.82 Å². The highest BCUT2D eigenvalue weighted by Gasteiger charge is 2.38. The van der Waals surface area contributed by atoms with Gasteiger partial charge in [-0.1, -0.05) is 12.1 Å². The lowest BCUT2D eigenvalue weighted by molar-refractivity contribution is 0.0923. The maximum Gasteiger partial charge on any atom is 0.267 e. The van der Waals surface area contributed by atoms with Crippen molar-refractivity contribution >= 4 is 40.2 Å². The van der Waals surface area contributed by atoms with E-state index in [-0.39, 0.29) is 11.8 Å². The summed E-state index contributed by atoms with van der Waals surface area (Å²) in [4.78, 5) is 26.0. The van der Waals surface area contributed by atoms with Crippen molar-refractivity contribution in [3.8, 4) is 0 Å². The Morgan fingerprint density at radius 2 is 1.74 bits per heavy atom. The smallest absolute Gasteiger partial charge is 0.267 e. The van der Waals surface area contributed by atoms with E-state index in [0.29, 0.717) is 23.5 Å². The lowest BCUT2D eigenvalue weighted by Crippen LogP contribution is -2.32. The van der Waals surface area contributed by atoms with Crippen molar-refractivity contribution in [2.75, 3.05) is 4.90 Å². The number of nitrogens with zero attached hydrogens (tertiary/aromatic N) is 3. The highest BCUT2D eigenvalue weighted by Crippen LogP contribution is 2.31. The van der Waals surface area contributed by atoms with Gasteiger partial charge in [-0.2, -0.15) is 5.10 Å². The lowest BCUT2D eigenvalue weighted by Gasteiger charge is -2.15. The number of carbonyl (C=O) groups is 2. The molecule has 1 aliphatic heterocycles. The zero-order valence-corrected chi connectivity index (χ0v) is 12.3. The van der Waals surface area contributed by atoms with Crippen LogP contribution in [0.15, 0.2) is 30.5 Å². The number of anilines is 1. The van der Waals surface area contributed by atoms with Crippen molar-refractivity contribution in [1.29, 1.82) is 0 Å². The molecule has 0 radical (unpaired) electrons. The molecule has 6 heteroatoms. The second-order valence-electron chi connectivity index (χ2n) is 4.12. The summed E-state index contributed by atoms with van der Waals surface area (Å²) in [5, 5.41) is 4.17. The van der Waals surface area contributed by atoms with Crippen LogP contribution in [0.3, 0.4) is 0 Å². The zero-order valence-electron chi connectivity index (χ0n) is 10.1. The highest BCUT2D eigenvalue weighted by molar-refractivity contribution is 14.1. The van der Waals surface area contributed by atoms with Crippen molar-refractivity contribution in [3.05, 3.63) is 45.2 Å². The van der Waals surface area contributed by atoms with E-state index in [4.69, 9.17) is 0 Å². The number of rotatable bonds is 2. The molecule has 0 saturated heterocycles. The van der Waals surface area contributed by atoms with E-state index in [0.717, 1.165) is 3.57 Å². The van der Waals surface area contributed by atoms with Gasteiger partial charge in [-0.15, -0.1) is 0 Å². The molecule has 1 aromatic carbocycles. The maximum atomic E-state index is 12.4. The minimum absolute atomic E-state index is 0.284. The molecule has 0 aliphatic carbocycles. The second kappa shape index (κ2) is 4.44. The third-order valence-electron chi connectivity index (χ3n) is 3.07. The Kier molecular flexibility index (Phi) is 2.89. The molecule has 0 saturated carbocycles. The van der Waals surface area contributed by atoms with Crippen molar-refractivity contribution in [3.63, 3.8) is 0 Å². The molecule has 0 bridgehead atoms. The van der Waals surface area contributed by atoms with Gasteiger partial charge in [0.05, 0.1) is 20.9 Å². The number of hydrogen-bond donors (Lipinski definition) is 0. The number of fused-ring (bicyclic) bond motifs is 1. The topological polar surface area (TPSA) is 55.2 Å². The lowest BCUT2D eigenvalue weighted by atomic mass is 10.1. The number of amides is 2. The van der Waals surface area contributed by atoms with E-state index in [1.165, 1.54) is 4.90 Å². The average Bonchev–Trinajstić information content (AvgIpc) is 2.90. The number of imide groups is 1. The standard InChI is InChI=1S/C13H10IN3O2/c1-2-16-11(10(14)7-15-16)17-12(18)8-5-3-4-6-9(8)13(17)19/h3-7H,2H2,1H3. The van der Waals surface area contributed by atoms with Gasteiger partial charge in [-0.05, 0) is 41.6 Å². The predicted octanol–water partition coefficient (Wildman–Crippen LogP) is 2.31. The summed E-state index contributed by atoms with van der Waals surface area (Å²) < 4.78 is 2.44. The van der Waals surface area contributed by atoms with E-state index in [9.17, 15) is 9.59 Å². The quantitative estimate of drug-likeness (QED) is 0.605. The summed E-state index contributed by atoms with van der Waals surface area (Å²) in [7, 11) is 0. The van der Waals surface area contributed by atoms with Crippen molar-refractivity contribution in [2.24, 2.45) is 0 Å². The fourth-order valence-electron chi connectivity index (χ4n) is 2.19. The van der Waals surface area contributed by atoms with E-state index in [1.807, 2.05) is 6.92 Å². The summed E-state index contributed by atoms with van der Waals surface area (Å²) in [6.07, 6.45) is 1.66. The van der Waals surface area contributed by atoms with Gasteiger partial charge in [0.1, 0.15) is 0 Å².